The van der Waals surface area contributed by atoms with Crippen molar-refractivity contribution >= 4 is 16.0 Å². The molecule has 212 valence electrons. The summed E-state index contributed by atoms with van der Waals surface area (Å²) in [5.41, 5.74) is 0.488. The predicted octanol–water partition coefficient (Wildman–Crippen LogP) is 3.20. The Bertz CT molecular complexity index is 1080. The zero-order chi connectivity index (χ0) is 27.4. The summed E-state index contributed by atoms with van der Waals surface area (Å²) in [5, 5.41) is 7.12. The minimum absolute atomic E-state index is 0.000583. The third kappa shape index (κ3) is 8.01. The number of halogens is 3. The number of alkyl halides is 3. The van der Waals surface area contributed by atoms with Crippen LogP contribution in [0.5, 0.6) is 0 Å². The number of fused-ring (bicyclic) bond motifs is 2. The fourth-order valence-electron chi connectivity index (χ4n) is 5.90. The molecule has 1 aromatic carbocycles. The Morgan fingerprint density at radius 2 is 1.92 bits per heavy atom. The molecule has 8 nitrogen and oxygen atoms in total. The van der Waals surface area contributed by atoms with Crippen LogP contribution in [0, 0.1) is 17.8 Å². The maximum absolute atomic E-state index is 12.5. The Kier molecular flexibility index (Phi) is 9.18. The summed E-state index contributed by atoms with van der Waals surface area (Å²) >= 11 is 0. The smallest absolute Gasteiger partial charge is 0.475 e. The number of hydrogen-bond acceptors (Lipinski definition) is 6. The van der Waals surface area contributed by atoms with E-state index in [-0.39, 0.29) is 17.5 Å². The van der Waals surface area contributed by atoms with Crippen LogP contribution in [0.15, 0.2) is 42.5 Å². The Labute approximate surface area is 221 Å². The van der Waals surface area contributed by atoms with Crippen molar-refractivity contribution in [3.63, 3.8) is 0 Å². The number of nitrogens with zero attached hydrogens (tertiary/aromatic N) is 1. The Morgan fingerprint density at radius 3 is 2.55 bits per heavy atom. The summed E-state index contributed by atoms with van der Waals surface area (Å²) in [7, 11) is -3.38. The first-order valence-electron chi connectivity index (χ1n) is 12.9. The predicted molar refractivity (Wildman–Crippen MR) is 134 cm³/mol. The van der Waals surface area contributed by atoms with Crippen LogP contribution in [-0.4, -0.2) is 81.7 Å². The second kappa shape index (κ2) is 12.0. The number of rotatable bonds is 7. The lowest BCUT2D eigenvalue weighted by Crippen LogP contribution is -2.46. The van der Waals surface area contributed by atoms with E-state index in [1.807, 2.05) is 30.3 Å². The molecule has 12 heteroatoms. The second-order valence-corrected chi connectivity index (χ2v) is 12.5. The highest BCUT2D eigenvalue weighted by molar-refractivity contribution is 7.88. The fraction of sp³-hybridized carbons (Fsp3) is 0.654. The third-order valence-corrected chi connectivity index (χ3v) is 8.97. The minimum Gasteiger partial charge on any atom is -0.475 e. The largest absolute Gasteiger partial charge is 0.490 e. The van der Waals surface area contributed by atoms with Gasteiger partial charge in [-0.05, 0) is 49.0 Å². The number of benzene rings is 1. The quantitative estimate of drug-likeness (QED) is 0.494. The van der Waals surface area contributed by atoms with Crippen LogP contribution in [0.25, 0.3) is 0 Å². The molecule has 0 unspecified atom stereocenters. The van der Waals surface area contributed by atoms with E-state index in [0.29, 0.717) is 13.2 Å². The standard InChI is InChI=1S/C24H34N2O4S.C2HF3O2/c27-31(28,16-19-4-2-1-3-5-19)25-14-23-8-9-24(30-23)17-26(10-11-29-18-24)15-22-13-20-6-7-21(22)12-20;3-2(4,5)1(6)7/h1-7,20-23,25H,8-18H2;(H,6,7)/t20-,21+,22-,23-,24-;/m1./s1. The maximum atomic E-state index is 12.5. The van der Waals surface area contributed by atoms with E-state index in [4.69, 9.17) is 19.4 Å². The van der Waals surface area contributed by atoms with Crippen molar-refractivity contribution in [2.75, 3.05) is 39.4 Å². The molecule has 2 heterocycles. The van der Waals surface area contributed by atoms with Gasteiger partial charge in [0.1, 0.15) is 5.60 Å². The molecule has 2 aliphatic heterocycles. The van der Waals surface area contributed by atoms with Crippen LogP contribution in [0.4, 0.5) is 13.2 Å². The van der Waals surface area contributed by atoms with Crippen molar-refractivity contribution in [2.24, 2.45) is 17.8 Å². The Balaban J connectivity index is 0.000000426. The van der Waals surface area contributed by atoms with E-state index in [2.05, 4.69) is 21.8 Å². The number of carboxylic acids is 1. The van der Waals surface area contributed by atoms with Gasteiger partial charge in [-0.3, -0.25) is 4.90 Å². The molecule has 2 bridgehead atoms. The maximum Gasteiger partial charge on any atom is 0.490 e. The molecule has 38 heavy (non-hydrogen) atoms. The zero-order valence-corrected chi connectivity index (χ0v) is 21.9. The van der Waals surface area contributed by atoms with Crippen molar-refractivity contribution in [3.8, 4) is 0 Å². The molecule has 1 saturated carbocycles. The number of nitrogens with one attached hydrogen (secondary N) is 1. The molecule has 5 atom stereocenters. The van der Waals surface area contributed by atoms with Gasteiger partial charge in [0.2, 0.25) is 10.0 Å². The first-order valence-corrected chi connectivity index (χ1v) is 14.6. The molecule has 4 aliphatic rings. The van der Waals surface area contributed by atoms with Gasteiger partial charge >= 0.3 is 12.1 Å². The summed E-state index contributed by atoms with van der Waals surface area (Å²) in [6.45, 7) is 4.64. The lowest BCUT2D eigenvalue weighted by atomic mass is 9.92. The van der Waals surface area contributed by atoms with Gasteiger partial charge in [0.05, 0.1) is 25.1 Å². The number of carboxylic acid groups (broad SMARTS) is 1. The number of aliphatic carboxylic acids is 1. The molecule has 0 amide bonds. The Hall–Kier alpha value is -1.99. The summed E-state index contributed by atoms with van der Waals surface area (Å²) in [4.78, 5) is 11.4. The summed E-state index contributed by atoms with van der Waals surface area (Å²) in [5.74, 6) is -0.454. The van der Waals surface area contributed by atoms with Gasteiger partial charge in [-0.25, -0.2) is 17.9 Å². The van der Waals surface area contributed by atoms with Gasteiger partial charge in [0.15, 0.2) is 0 Å². The molecule has 5 rings (SSSR count). The van der Waals surface area contributed by atoms with E-state index in [9.17, 15) is 21.6 Å². The summed E-state index contributed by atoms with van der Waals surface area (Å²) < 4.78 is 71.9. The van der Waals surface area contributed by atoms with Crippen LogP contribution in [0.2, 0.25) is 0 Å². The molecule has 0 aromatic heterocycles. The van der Waals surface area contributed by atoms with Gasteiger partial charge in [-0.15, -0.1) is 0 Å². The minimum atomic E-state index is -5.08. The van der Waals surface area contributed by atoms with Gasteiger partial charge in [0.25, 0.3) is 0 Å². The fourth-order valence-corrected chi connectivity index (χ4v) is 7.08. The van der Waals surface area contributed by atoms with E-state index in [1.165, 1.54) is 12.8 Å². The SMILES string of the molecule is O=C(O)C(F)(F)F.O=S(=O)(Cc1ccccc1)NC[C@H]1CC[C@@]2(COCCN(C[C@H]3C[C@@H]4C=C[C@H]3C4)C2)O1. The second-order valence-electron chi connectivity index (χ2n) is 10.7. The first kappa shape index (κ1) is 29.0. The summed E-state index contributed by atoms with van der Waals surface area (Å²) in [6, 6.07) is 9.29. The van der Waals surface area contributed by atoms with Gasteiger partial charge in [-0.1, -0.05) is 42.5 Å². The molecule has 1 aromatic rings. The molecule has 2 aliphatic carbocycles. The lowest BCUT2D eigenvalue weighted by Gasteiger charge is -2.34. The van der Waals surface area contributed by atoms with Gasteiger partial charge < -0.3 is 14.6 Å². The van der Waals surface area contributed by atoms with Crippen LogP contribution in [0.3, 0.4) is 0 Å². The summed E-state index contributed by atoms with van der Waals surface area (Å²) in [6.07, 6.45) is 4.08. The zero-order valence-electron chi connectivity index (χ0n) is 21.1. The third-order valence-electron chi connectivity index (χ3n) is 7.65. The number of ether oxygens (including phenoxy) is 2. The van der Waals surface area contributed by atoms with Crippen molar-refractivity contribution < 1.29 is 41.0 Å². The van der Waals surface area contributed by atoms with Crippen LogP contribution < -0.4 is 4.72 Å². The van der Waals surface area contributed by atoms with Crippen molar-refractivity contribution in [3.05, 3.63) is 48.0 Å². The highest BCUT2D eigenvalue weighted by Gasteiger charge is 2.44. The topological polar surface area (TPSA) is 105 Å². The average molecular weight is 561 g/mol. The molecule has 1 spiro atoms. The van der Waals surface area contributed by atoms with Crippen molar-refractivity contribution in [1.29, 1.82) is 0 Å². The van der Waals surface area contributed by atoms with Crippen LogP contribution in [-0.2, 0) is 30.0 Å². The lowest BCUT2D eigenvalue weighted by molar-refractivity contribution is -0.192. The molecular weight excluding hydrogens is 525 g/mol. The normalized spacial score (nSPS) is 31.2. The highest BCUT2D eigenvalue weighted by atomic mass is 32.2. The van der Waals surface area contributed by atoms with Gasteiger partial charge in [0, 0.05) is 26.2 Å². The number of carbonyl (C=O) groups is 1. The number of hydrogen-bond donors (Lipinski definition) is 2. The monoisotopic (exact) mass is 560 g/mol. The molecular formula is C26H35F3N2O6S. The highest BCUT2D eigenvalue weighted by Crippen LogP contribution is 2.44. The molecule has 2 saturated heterocycles. The van der Waals surface area contributed by atoms with E-state index >= 15 is 0 Å². The number of sulfonamides is 1. The molecule has 2 N–H and O–H groups in total. The van der Waals surface area contributed by atoms with Gasteiger partial charge in [-0.2, -0.15) is 13.2 Å². The van der Waals surface area contributed by atoms with E-state index in [1.54, 1.807) is 0 Å². The molecule has 3 fully saturated rings. The average Bonchev–Trinajstić information content (AvgIpc) is 3.53. The van der Waals surface area contributed by atoms with E-state index < -0.39 is 22.2 Å². The number of allylic oxidation sites excluding steroid dienone is 2. The van der Waals surface area contributed by atoms with Crippen LogP contribution in [0.1, 0.15) is 31.2 Å². The molecule has 0 radical (unpaired) electrons. The van der Waals surface area contributed by atoms with Crippen molar-refractivity contribution in [2.45, 2.75) is 49.3 Å². The Morgan fingerprint density at radius 1 is 1.18 bits per heavy atom. The van der Waals surface area contributed by atoms with Crippen molar-refractivity contribution in [1.82, 2.24) is 9.62 Å². The first-order chi connectivity index (χ1) is 17.9. The van der Waals surface area contributed by atoms with Crippen LogP contribution >= 0.6 is 0 Å². The van der Waals surface area contributed by atoms with E-state index in [0.717, 1.165) is 62.4 Å².